The number of nitrogens with one attached hydrogen (secondary N) is 2. The third kappa shape index (κ3) is 4.76. The van der Waals surface area contributed by atoms with Crippen LogP contribution in [0.1, 0.15) is 30.0 Å². The maximum Gasteiger partial charge on any atom is 0.319 e. The van der Waals surface area contributed by atoms with Crippen LogP contribution in [0.15, 0.2) is 48.5 Å². The monoisotopic (exact) mass is 353 g/mol. The molecule has 1 heterocycles. The third-order valence-electron chi connectivity index (χ3n) is 4.81. The summed E-state index contributed by atoms with van der Waals surface area (Å²) in [5.74, 6) is 0.846. The first-order valence-electron chi connectivity index (χ1n) is 9.15. The van der Waals surface area contributed by atoms with Gasteiger partial charge in [0.15, 0.2) is 0 Å². The summed E-state index contributed by atoms with van der Waals surface area (Å²) in [6.07, 6.45) is 2.42. The number of hydrogen-bond donors (Lipinski definition) is 2. The van der Waals surface area contributed by atoms with Crippen LogP contribution in [0.2, 0.25) is 0 Å². The molecular weight excluding hydrogens is 326 g/mol. The number of aryl methyl sites for hydroxylation is 1. The Bertz CT molecular complexity index is 724. The topological polar surface area (TPSA) is 53.6 Å². The van der Waals surface area contributed by atoms with Crippen LogP contribution < -0.4 is 15.4 Å². The lowest BCUT2D eigenvalue weighted by Gasteiger charge is -2.28. The zero-order valence-corrected chi connectivity index (χ0v) is 15.5. The number of methoxy groups -OCH3 is 1. The Kier molecular flexibility index (Phi) is 6.12. The number of carbonyl (C=O) groups is 1. The van der Waals surface area contributed by atoms with Gasteiger partial charge in [-0.05, 0) is 68.2 Å². The summed E-state index contributed by atoms with van der Waals surface area (Å²) in [4.78, 5) is 14.8. The highest BCUT2D eigenvalue weighted by Crippen LogP contribution is 2.26. The number of likely N-dealkylation sites (tertiary alicyclic amines) is 1. The van der Waals surface area contributed by atoms with E-state index in [0.29, 0.717) is 6.54 Å². The lowest BCUT2D eigenvalue weighted by molar-refractivity contribution is 0.227. The smallest absolute Gasteiger partial charge is 0.319 e. The van der Waals surface area contributed by atoms with E-state index < -0.39 is 0 Å². The zero-order chi connectivity index (χ0) is 18.4. The van der Waals surface area contributed by atoms with Gasteiger partial charge in [0.05, 0.1) is 13.2 Å². The molecule has 0 saturated carbocycles. The fraction of sp³-hybridized carbons (Fsp3) is 0.381. The highest BCUT2D eigenvalue weighted by molar-refractivity contribution is 5.89. The molecule has 2 aromatic carbocycles. The van der Waals surface area contributed by atoms with Crippen molar-refractivity contribution >= 4 is 11.7 Å². The predicted octanol–water partition coefficient (Wildman–Crippen LogP) is 3.96. The molecule has 1 aliphatic heterocycles. The van der Waals surface area contributed by atoms with Gasteiger partial charge in [0, 0.05) is 12.2 Å². The Hall–Kier alpha value is -2.53. The van der Waals surface area contributed by atoms with Crippen LogP contribution in [0.25, 0.3) is 0 Å². The summed E-state index contributed by atoms with van der Waals surface area (Å²) in [5, 5.41) is 5.94. The highest BCUT2D eigenvalue weighted by Gasteiger charge is 2.24. The van der Waals surface area contributed by atoms with Gasteiger partial charge >= 0.3 is 6.03 Å². The van der Waals surface area contributed by atoms with Crippen LogP contribution in [0.4, 0.5) is 10.5 Å². The van der Waals surface area contributed by atoms with E-state index in [1.165, 1.54) is 18.4 Å². The molecule has 26 heavy (non-hydrogen) atoms. The zero-order valence-electron chi connectivity index (χ0n) is 15.5. The van der Waals surface area contributed by atoms with Gasteiger partial charge in [-0.15, -0.1) is 0 Å². The molecule has 2 aromatic rings. The molecule has 0 aromatic heterocycles. The average Bonchev–Trinajstić information content (AvgIpc) is 3.17. The lowest BCUT2D eigenvalue weighted by atomic mass is 10.1. The van der Waals surface area contributed by atoms with Gasteiger partial charge < -0.3 is 15.4 Å². The normalized spacial score (nSPS) is 15.5. The maximum atomic E-state index is 12.3. The largest absolute Gasteiger partial charge is 0.497 e. The second kappa shape index (κ2) is 8.72. The molecule has 5 heteroatoms. The van der Waals surface area contributed by atoms with Crippen LogP contribution >= 0.6 is 0 Å². The number of hydrogen-bond acceptors (Lipinski definition) is 3. The van der Waals surface area contributed by atoms with Crippen LogP contribution in [-0.2, 0) is 0 Å². The molecule has 0 bridgehead atoms. The maximum absolute atomic E-state index is 12.3. The number of nitrogens with zero attached hydrogens (tertiary/aromatic N) is 1. The van der Waals surface area contributed by atoms with E-state index in [1.807, 2.05) is 43.3 Å². The van der Waals surface area contributed by atoms with Gasteiger partial charge in [0.2, 0.25) is 0 Å². The summed E-state index contributed by atoms with van der Waals surface area (Å²) in [7, 11) is 1.67. The van der Waals surface area contributed by atoms with E-state index in [1.54, 1.807) is 7.11 Å². The van der Waals surface area contributed by atoms with E-state index in [9.17, 15) is 4.79 Å². The van der Waals surface area contributed by atoms with Gasteiger partial charge in [-0.2, -0.15) is 0 Å². The SMILES string of the molecule is COc1ccc(C(CNC(=O)Nc2cccc(C)c2)N2CCCC2)cc1. The fourth-order valence-electron chi connectivity index (χ4n) is 3.42. The molecule has 1 fully saturated rings. The van der Waals surface area contributed by atoms with Crippen molar-refractivity contribution in [3.63, 3.8) is 0 Å². The van der Waals surface area contributed by atoms with Crippen LogP contribution in [0.5, 0.6) is 5.75 Å². The minimum Gasteiger partial charge on any atom is -0.497 e. The number of carbonyl (C=O) groups excluding carboxylic acids is 1. The Labute approximate surface area is 155 Å². The van der Waals surface area contributed by atoms with Crippen molar-refractivity contribution in [2.45, 2.75) is 25.8 Å². The number of anilines is 1. The molecule has 1 unspecified atom stereocenters. The van der Waals surface area contributed by atoms with Crippen molar-refractivity contribution in [1.29, 1.82) is 0 Å². The number of ether oxygens (including phenoxy) is 1. The molecule has 138 valence electrons. The molecule has 3 rings (SSSR count). The summed E-state index contributed by atoms with van der Waals surface area (Å²) in [5.41, 5.74) is 3.13. The van der Waals surface area contributed by atoms with Crippen LogP contribution in [0, 0.1) is 6.92 Å². The quantitative estimate of drug-likeness (QED) is 0.826. The minimum absolute atomic E-state index is 0.173. The van der Waals surface area contributed by atoms with E-state index in [2.05, 4.69) is 27.7 Å². The van der Waals surface area contributed by atoms with Crippen LogP contribution in [0.3, 0.4) is 0 Å². The number of benzene rings is 2. The van der Waals surface area contributed by atoms with E-state index in [4.69, 9.17) is 4.74 Å². The Morgan fingerprint density at radius 1 is 1.15 bits per heavy atom. The van der Waals surface area contributed by atoms with Gasteiger partial charge in [-0.1, -0.05) is 24.3 Å². The van der Waals surface area contributed by atoms with Crippen molar-refractivity contribution in [2.24, 2.45) is 0 Å². The summed E-state index contributed by atoms with van der Waals surface area (Å²) in [6, 6.07) is 15.9. The highest BCUT2D eigenvalue weighted by atomic mass is 16.5. The molecular formula is C21H27N3O2. The first kappa shape index (κ1) is 18.3. The molecule has 5 nitrogen and oxygen atoms in total. The van der Waals surface area contributed by atoms with Crippen LogP contribution in [-0.4, -0.2) is 37.7 Å². The second-order valence-corrected chi connectivity index (χ2v) is 6.74. The third-order valence-corrected chi connectivity index (χ3v) is 4.81. The number of amides is 2. The first-order chi connectivity index (χ1) is 12.7. The van der Waals surface area contributed by atoms with Gasteiger partial charge in [-0.25, -0.2) is 4.79 Å². The molecule has 2 amide bonds. The Balaban J connectivity index is 1.64. The van der Waals surface area contributed by atoms with Crippen molar-refractivity contribution in [3.8, 4) is 5.75 Å². The molecule has 0 spiro atoms. The van der Waals surface area contributed by atoms with E-state index in [0.717, 1.165) is 30.1 Å². The first-order valence-corrected chi connectivity index (χ1v) is 9.15. The van der Waals surface area contributed by atoms with Gasteiger partial charge in [0.25, 0.3) is 0 Å². The predicted molar refractivity (Wildman–Crippen MR) is 105 cm³/mol. The summed E-state index contributed by atoms with van der Waals surface area (Å²) < 4.78 is 5.26. The number of urea groups is 1. The van der Waals surface area contributed by atoms with Gasteiger partial charge in [-0.3, -0.25) is 4.90 Å². The van der Waals surface area contributed by atoms with Crippen molar-refractivity contribution in [2.75, 3.05) is 32.1 Å². The van der Waals surface area contributed by atoms with Crippen molar-refractivity contribution in [3.05, 3.63) is 59.7 Å². The number of rotatable bonds is 6. The Morgan fingerprint density at radius 3 is 2.54 bits per heavy atom. The average molecular weight is 353 g/mol. The molecule has 2 N–H and O–H groups in total. The van der Waals surface area contributed by atoms with E-state index in [-0.39, 0.29) is 12.1 Å². The fourth-order valence-corrected chi connectivity index (χ4v) is 3.42. The summed E-state index contributed by atoms with van der Waals surface area (Å²) in [6.45, 7) is 4.72. The molecule has 0 radical (unpaired) electrons. The van der Waals surface area contributed by atoms with Crippen molar-refractivity contribution in [1.82, 2.24) is 10.2 Å². The van der Waals surface area contributed by atoms with E-state index >= 15 is 0 Å². The van der Waals surface area contributed by atoms with Gasteiger partial charge in [0.1, 0.15) is 5.75 Å². The lowest BCUT2D eigenvalue weighted by Crippen LogP contribution is -2.38. The molecule has 1 atom stereocenters. The molecule has 1 saturated heterocycles. The second-order valence-electron chi connectivity index (χ2n) is 6.74. The summed E-state index contributed by atoms with van der Waals surface area (Å²) >= 11 is 0. The molecule has 0 aliphatic carbocycles. The van der Waals surface area contributed by atoms with Crippen molar-refractivity contribution < 1.29 is 9.53 Å². The minimum atomic E-state index is -0.173. The molecule has 1 aliphatic rings. The standard InChI is InChI=1S/C21H27N3O2/c1-16-6-5-7-18(14-16)23-21(25)22-15-20(24-12-3-4-13-24)17-8-10-19(26-2)11-9-17/h5-11,14,20H,3-4,12-13,15H2,1-2H3,(H2,22,23,25). The Morgan fingerprint density at radius 2 is 1.88 bits per heavy atom.